The summed E-state index contributed by atoms with van der Waals surface area (Å²) in [6.45, 7) is 3.71. The summed E-state index contributed by atoms with van der Waals surface area (Å²) in [5, 5.41) is 7.48. The molecular formula is C13H17ClN4O2S. The minimum absolute atomic E-state index is 0.132. The lowest BCUT2D eigenvalue weighted by Gasteiger charge is -2.14. The number of halogens is 1. The first kappa shape index (κ1) is 15.8. The molecule has 2 aromatic rings. The minimum Gasteiger partial charge on any atom is -0.378 e. The molecule has 0 unspecified atom stereocenters. The topological polar surface area (TPSA) is 68.1 Å². The van der Waals surface area contributed by atoms with Crippen LogP contribution in [0.5, 0.6) is 0 Å². The fourth-order valence-corrected chi connectivity index (χ4v) is 3.00. The molecule has 0 bridgehead atoms. The number of benzene rings is 1. The van der Waals surface area contributed by atoms with Gasteiger partial charge in [0.2, 0.25) is 0 Å². The van der Waals surface area contributed by atoms with E-state index < -0.39 is 9.05 Å². The van der Waals surface area contributed by atoms with Gasteiger partial charge in [0.15, 0.2) is 5.82 Å². The van der Waals surface area contributed by atoms with Gasteiger partial charge in [0.25, 0.3) is 14.2 Å². The molecule has 0 spiro atoms. The van der Waals surface area contributed by atoms with Crippen LogP contribution in [0, 0.1) is 0 Å². The van der Waals surface area contributed by atoms with Crippen LogP contribution in [0.1, 0.15) is 19.9 Å². The van der Waals surface area contributed by atoms with Crippen LogP contribution < -0.4 is 4.90 Å². The Morgan fingerprint density at radius 1 is 1.14 bits per heavy atom. The second kappa shape index (κ2) is 5.65. The van der Waals surface area contributed by atoms with E-state index in [1.54, 1.807) is 0 Å². The number of hydrogen-bond donors (Lipinski definition) is 0. The Kier molecular flexibility index (Phi) is 4.25. The third kappa shape index (κ3) is 3.19. The van der Waals surface area contributed by atoms with Crippen molar-refractivity contribution in [2.24, 2.45) is 0 Å². The van der Waals surface area contributed by atoms with Gasteiger partial charge in [-0.05, 0) is 38.1 Å². The molecule has 2 rings (SSSR count). The van der Waals surface area contributed by atoms with Crippen LogP contribution >= 0.6 is 10.7 Å². The average Bonchev–Trinajstić information content (AvgIpc) is 2.83. The van der Waals surface area contributed by atoms with E-state index >= 15 is 0 Å². The summed E-state index contributed by atoms with van der Waals surface area (Å²) in [5.74, 6) is 0.481. The van der Waals surface area contributed by atoms with Crippen molar-refractivity contribution in [2.45, 2.75) is 25.0 Å². The van der Waals surface area contributed by atoms with Gasteiger partial charge in [-0.3, -0.25) is 4.57 Å². The lowest BCUT2D eigenvalue weighted by molar-refractivity contribution is 0.530. The summed E-state index contributed by atoms with van der Waals surface area (Å²) < 4.78 is 24.7. The fraction of sp³-hybridized carbons (Fsp3) is 0.385. The number of nitrogens with zero attached hydrogens (tertiary/aromatic N) is 4. The van der Waals surface area contributed by atoms with E-state index in [9.17, 15) is 8.42 Å². The van der Waals surface area contributed by atoms with Gasteiger partial charge < -0.3 is 4.90 Å². The highest BCUT2D eigenvalue weighted by Crippen LogP contribution is 2.27. The molecule has 0 fully saturated rings. The molecule has 8 heteroatoms. The number of rotatable bonds is 4. The summed E-state index contributed by atoms with van der Waals surface area (Å²) in [4.78, 5) is 1.98. The molecule has 1 heterocycles. The Hall–Kier alpha value is -1.60. The molecule has 1 aromatic carbocycles. The summed E-state index contributed by atoms with van der Waals surface area (Å²) in [7, 11) is 5.38. The first-order valence-corrected chi connectivity index (χ1v) is 8.70. The molecule has 0 saturated carbocycles. The van der Waals surface area contributed by atoms with Crippen molar-refractivity contribution < 1.29 is 8.42 Å². The van der Waals surface area contributed by atoms with Crippen molar-refractivity contribution in [3.05, 3.63) is 24.3 Å². The van der Waals surface area contributed by atoms with Gasteiger partial charge in [0, 0.05) is 42.1 Å². The van der Waals surface area contributed by atoms with Gasteiger partial charge in [-0.15, -0.1) is 10.2 Å². The molecule has 0 saturated heterocycles. The van der Waals surface area contributed by atoms with Crippen LogP contribution in [0.15, 0.2) is 29.4 Å². The highest BCUT2D eigenvalue weighted by atomic mass is 35.7. The van der Waals surface area contributed by atoms with E-state index in [1.807, 2.05) is 57.1 Å². The number of anilines is 1. The maximum Gasteiger partial charge on any atom is 0.296 e. The quantitative estimate of drug-likeness (QED) is 0.807. The largest absolute Gasteiger partial charge is 0.378 e. The molecule has 1 aromatic heterocycles. The Morgan fingerprint density at radius 2 is 1.71 bits per heavy atom. The molecule has 0 N–H and O–H groups in total. The van der Waals surface area contributed by atoms with E-state index in [4.69, 9.17) is 10.7 Å². The van der Waals surface area contributed by atoms with Crippen LogP contribution in [-0.2, 0) is 9.05 Å². The first-order valence-electron chi connectivity index (χ1n) is 6.39. The molecule has 114 valence electrons. The smallest absolute Gasteiger partial charge is 0.296 e. The second-order valence-electron chi connectivity index (χ2n) is 5.15. The van der Waals surface area contributed by atoms with Crippen molar-refractivity contribution in [3.63, 3.8) is 0 Å². The van der Waals surface area contributed by atoms with Gasteiger partial charge in [0.05, 0.1) is 0 Å². The van der Waals surface area contributed by atoms with Gasteiger partial charge in [-0.25, -0.2) is 8.42 Å². The Balaban J connectivity index is 2.57. The zero-order chi connectivity index (χ0) is 15.8. The van der Waals surface area contributed by atoms with Gasteiger partial charge in [0.1, 0.15) is 0 Å². The maximum absolute atomic E-state index is 11.6. The lowest BCUT2D eigenvalue weighted by atomic mass is 10.2. The van der Waals surface area contributed by atoms with E-state index in [-0.39, 0.29) is 11.2 Å². The van der Waals surface area contributed by atoms with Crippen LogP contribution in [0.4, 0.5) is 5.69 Å². The number of aromatic nitrogens is 3. The lowest BCUT2D eigenvalue weighted by Crippen LogP contribution is -2.10. The van der Waals surface area contributed by atoms with Crippen molar-refractivity contribution in [1.29, 1.82) is 0 Å². The summed E-state index contributed by atoms with van der Waals surface area (Å²) in [6, 6.07) is 7.49. The Labute approximate surface area is 128 Å². The monoisotopic (exact) mass is 328 g/mol. The van der Waals surface area contributed by atoms with Crippen LogP contribution in [-0.4, -0.2) is 37.3 Å². The Bertz CT molecular complexity index is 736. The molecule has 0 atom stereocenters. The molecule has 0 aliphatic heterocycles. The molecule has 0 aliphatic carbocycles. The second-order valence-corrected chi connectivity index (χ2v) is 7.61. The summed E-state index contributed by atoms with van der Waals surface area (Å²) in [5.41, 5.74) is 1.83. The van der Waals surface area contributed by atoms with Crippen molar-refractivity contribution >= 4 is 25.4 Å². The fourth-order valence-electron chi connectivity index (χ4n) is 2.01. The van der Waals surface area contributed by atoms with Gasteiger partial charge in [-0.1, -0.05) is 0 Å². The van der Waals surface area contributed by atoms with E-state index in [1.165, 1.54) is 4.57 Å². The average molecular weight is 329 g/mol. The third-order valence-corrected chi connectivity index (χ3v) is 4.17. The van der Waals surface area contributed by atoms with E-state index in [0.29, 0.717) is 5.82 Å². The van der Waals surface area contributed by atoms with Crippen LogP contribution in [0.3, 0.4) is 0 Å². The third-order valence-electron chi connectivity index (χ3n) is 3.04. The van der Waals surface area contributed by atoms with Gasteiger partial charge >= 0.3 is 0 Å². The van der Waals surface area contributed by atoms with E-state index in [0.717, 1.165) is 11.3 Å². The highest BCUT2D eigenvalue weighted by molar-refractivity contribution is 8.13. The normalized spacial score (nSPS) is 11.9. The predicted molar refractivity (Wildman–Crippen MR) is 83.2 cm³/mol. The van der Waals surface area contributed by atoms with Crippen LogP contribution in [0.25, 0.3) is 11.4 Å². The molecule has 0 aliphatic rings. The first-order chi connectivity index (χ1) is 9.71. The molecule has 0 radical (unpaired) electrons. The van der Waals surface area contributed by atoms with Crippen molar-refractivity contribution in [1.82, 2.24) is 14.8 Å². The zero-order valence-electron chi connectivity index (χ0n) is 12.3. The summed E-state index contributed by atoms with van der Waals surface area (Å²) in [6.07, 6.45) is 0. The summed E-state index contributed by atoms with van der Waals surface area (Å²) >= 11 is 0. The maximum atomic E-state index is 11.6. The standard InChI is InChI=1S/C13H17ClN4O2S/c1-9(2)18-12(15-16-13(18)21(14,19)20)10-5-7-11(8-6-10)17(3)4/h5-9H,1-4H3. The van der Waals surface area contributed by atoms with E-state index in [2.05, 4.69) is 10.2 Å². The zero-order valence-corrected chi connectivity index (χ0v) is 13.9. The Morgan fingerprint density at radius 3 is 2.14 bits per heavy atom. The number of hydrogen-bond acceptors (Lipinski definition) is 5. The predicted octanol–water partition coefficient (Wildman–Crippen LogP) is 2.52. The SMILES string of the molecule is CC(C)n1c(-c2ccc(N(C)C)cc2)nnc1S(=O)(=O)Cl. The molecule has 0 amide bonds. The minimum atomic E-state index is -3.93. The van der Waals surface area contributed by atoms with Crippen molar-refractivity contribution in [3.8, 4) is 11.4 Å². The molecular weight excluding hydrogens is 312 g/mol. The molecule has 21 heavy (non-hydrogen) atoms. The van der Waals surface area contributed by atoms with Crippen LogP contribution in [0.2, 0.25) is 0 Å². The molecule has 6 nitrogen and oxygen atoms in total. The van der Waals surface area contributed by atoms with Gasteiger partial charge in [-0.2, -0.15) is 0 Å². The highest BCUT2D eigenvalue weighted by Gasteiger charge is 2.24. The van der Waals surface area contributed by atoms with Crippen molar-refractivity contribution in [2.75, 3.05) is 19.0 Å².